The lowest BCUT2D eigenvalue weighted by Crippen LogP contribution is -2.25. The van der Waals surface area contributed by atoms with Gasteiger partial charge in [0, 0.05) is 53.9 Å². The fraction of sp³-hybridized carbons (Fsp3) is 0.333. The van der Waals surface area contributed by atoms with Crippen molar-refractivity contribution in [1.29, 1.82) is 0 Å². The van der Waals surface area contributed by atoms with E-state index in [1.54, 1.807) is 55.7 Å². The number of benzene rings is 3. The molecule has 0 bridgehead atoms. The summed E-state index contributed by atoms with van der Waals surface area (Å²) in [6.45, 7) is 3.96. The molecule has 4 aromatic rings. The Kier molecular flexibility index (Phi) is 11.9. The first-order chi connectivity index (χ1) is 23.6. The van der Waals surface area contributed by atoms with Crippen LogP contribution in [0.3, 0.4) is 0 Å². The molecule has 0 saturated carbocycles. The number of allylic oxidation sites excluding steroid dienone is 1. The number of nitrogens with zero attached hydrogens (tertiary/aromatic N) is 1. The van der Waals surface area contributed by atoms with Gasteiger partial charge in [0.25, 0.3) is 0 Å². The molecule has 0 radical (unpaired) electrons. The van der Waals surface area contributed by atoms with E-state index in [1.165, 1.54) is 6.07 Å². The molecule has 0 fully saturated rings. The zero-order valence-electron chi connectivity index (χ0n) is 28.0. The molecular formula is C39H42N2O7S. The zero-order valence-corrected chi connectivity index (χ0v) is 28.8. The molecule has 1 aromatic heterocycles. The smallest absolute Gasteiger partial charge is 0.342 e. The minimum atomic E-state index is -0.825. The van der Waals surface area contributed by atoms with E-state index < -0.39 is 23.7 Å². The van der Waals surface area contributed by atoms with Gasteiger partial charge in [0.2, 0.25) is 5.91 Å². The largest absolute Gasteiger partial charge is 0.507 e. The summed E-state index contributed by atoms with van der Waals surface area (Å²) < 4.78 is 11.1. The van der Waals surface area contributed by atoms with Crippen molar-refractivity contribution in [3.05, 3.63) is 99.6 Å². The first-order valence-electron chi connectivity index (χ1n) is 16.5. The summed E-state index contributed by atoms with van der Waals surface area (Å²) in [5, 5.41) is 29.1. The number of rotatable bonds is 8. The molecule has 3 aromatic carbocycles. The lowest BCUT2D eigenvalue weighted by Gasteiger charge is -2.23. The number of carbonyl (C=O) groups excluding carboxylic acids is 3. The number of nitrogens with one attached hydrogen (secondary N) is 1. The van der Waals surface area contributed by atoms with Gasteiger partial charge in [0.05, 0.1) is 13.2 Å². The molecule has 1 aliphatic heterocycles. The van der Waals surface area contributed by atoms with Gasteiger partial charge in [0.15, 0.2) is 0 Å². The quantitative estimate of drug-likeness (QED) is 0.160. The summed E-state index contributed by atoms with van der Waals surface area (Å²) in [7, 11) is 1.55. The number of aromatic hydroxyl groups is 2. The summed E-state index contributed by atoms with van der Waals surface area (Å²) in [4.78, 5) is 43.9. The maximum Gasteiger partial charge on any atom is 0.342 e. The highest BCUT2D eigenvalue weighted by atomic mass is 32.1. The molecule has 0 saturated heterocycles. The molecule has 3 N–H and O–H groups in total. The van der Waals surface area contributed by atoms with Gasteiger partial charge in [-0.15, -0.1) is 11.3 Å². The number of amides is 1. The van der Waals surface area contributed by atoms with Gasteiger partial charge in [0.1, 0.15) is 33.6 Å². The number of hydrogen-bond acceptors (Lipinski definition) is 9. The first-order valence-corrected chi connectivity index (χ1v) is 17.4. The van der Waals surface area contributed by atoms with Gasteiger partial charge in [-0.25, -0.2) is 9.78 Å². The van der Waals surface area contributed by atoms with E-state index in [-0.39, 0.29) is 47.1 Å². The Hall–Kier alpha value is -4.96. The summed E-state index contributed by atoms with van der Waals surface area (Å²) >= 11 is 1.56. The Morgan fingerprint density at radius 1 is 1.10 bits per heavy atom. The van der Waals surface area contributed by atoms with Crippen LogP contribution in [0.15, 0.2) is 66.1 Å². The number of esters is 1. The third kappa shape index (κ3) is 9.14. The van der Waals surface area contributed by atoms with Gasteiger partial charge in [-0.3, -0.25) is 9.59 Å². The number of aromatic nitrogens is 1. The SMILES string of the molecule is COc1ccc(C(CC(=O)NCc2cccc(-c3nc(C)cs3)c2)c2c(O)cc3c(c2O)C(=O)O[C@@H](C)CCCC(=O)CCC/C=C/3)cc1. The molecular weight excluding hydrogens is 641 g/mol. The number of fused-ring (bicyclic) bond motifs is 1. The number of phenols is 2. The van der Waals surface area contributed by atoms with E-state index in [4.69, 9.17) is 9.47 Å². The van der Waals surface area contributed by atoms with Gasteiger partial charge in [-0.1, -0.05) is 42.5 Å². The Bertz CT molecular complexity index is 1830. The number of phenolic OH excluding ortho intramolecular Hbond substituents is 2. The monoisotopic (exact) mass is 682 g/mol. The molecule has 0 aliphatic carbocycles. The summed E-state index contributed by atoms with van der Waals surface area (Å²) in [5.74, 6) is -1.82. The van der Waals surface area contributed by atoms with E-state index in [0.717, 1.165) is 21.8 Å². The second-order valence-corrected chi connectivity index (χ2v) is 13.2. The van der Waals surface area contributed by atoms with Crippen LogP contribution in [0.1, 0.15) is 96.1 Å². The van der Waals surface area contributed by atoms with Crippen molar-refractivity contribution in [2.24, 2.45) is 0 Å². The summed E-state index contributed by atoms with van der Waals surface area (Å²) in [5.41, 5.74) is 3.68. The van der Waals surface area contributed by atoms with Crippen LogP contribution in [-0.4, -0.2) is 46.1 Å². The Labute approximate surface area is 290 Å². The Morgan fingerprint density at radius 2 is 1.88 bits per heavy atom. The van der Waals surface area contributed by atoms with E-state index in [1.807, 2.05) is 42.6 Å². The van der Waals surface area contributed by atoms with Crippen LogP contribution in [0.5, 0.6) is 17.2 Å². The lowest BCUT2D eigenvalue weighted by atomic mass is 9.84. The number of ether oxygens (including phenoxy) is 2. The normalized spacial score (nSPS) is 16.9. The summed E-state index contributed by atoms with van der Waals surface area (Å²) in [6.07, 6.45) is 6.04. The number of Topliss-reactive ketones (excluding diaryl/α,β-unsaturated/α-hetero) is 1. The second-order valence-electron chi connectivity index (χ2n) is 12.4. The third-order valence-corrected chi connectivity index (χ3v) is 9.60. The van der Waals surface area contributed by atoms with Crippen molar-refractivity contribution in [1.82, 2.24) is 10.3 Å². The highest BCUT2D eigenvalue weighted by Gasteiger charge is 2.31. The van der Waals surface area contributed by atoms with E-state index in [0.29, 0.717) is 49.8 Å². The predicted molar refractivity (Wildman–Crippen MR) is 190 cm³/mol. The van der Waals surface area contributed by atoms with E-state index in [9.17, 15) is 24.6 Å². The second kappa shape index (κ2) is 16.4. The number of cyclic esters (lactones) is 1. The standard InChI is InChI=1S/C39H42N2O7S/c1-24-23-49-38(41-24)29-12-8-10-26(19-29)22-40-34(44)21-32(27-15-17-31(47-3)18-16-27)36-33(43)20-28-11-5-4-6-13-30(42)14-7-9-25(2)48-39(46)35(28)37(36)45/h5,8,10-12,15-20,23,25,32,43,45H,4,6-7,9,13-14,21-22H2,1-3H3,(H,40,44)/b11-5+/t25-,32?/m0/s1. The minimum absolute atomic E-state index is 0.0462. The maximum atomic E-state index is 13.6. The number of methoxy groups -OCH3 is 1. The average molecular weight is 683 g/mol. The van der Waals surface area contributed by atoms with Crippen LogP contribution in [0.2, 0.25) is 0 Å². The van der Waals surface area contributed by atoms with Gasteiger partial charge in [-0.2, -0.15) is 0 Å². The maximum absolute atomic E-state index is 13.6. The average Bonchev–Trinajstić information content (AvgIpc) is 3.52. The summed E-state index contributed by atoms with van der Waals surface area (Å²) in [6, 6.07) is 16.2. The van der Waals surface area contributed by atoms with Crippen LogP contribution in [0.4, 0.5) is 0 Å². The van der Waals surface area contributed by atoms with Crippen molar-refractivity contribution in [3.8, 4) is 27.8 Å². The molecule has 9 nitrogen and oxygen atoms in total. The molecule has 1 unspecified atom stereocenters. The minimum Gasteiger partial charge on any atom is -0.507 e. The molecule has 1 amide bonds. The van der Waals surface area contributed by atoms with E-state index >= 15 is 0 Å². The highest BCUT2D eigenvalue weighted by molar-refractivity contribution is 7.13. The fourth-order valence-corrected chi connectivity index (χ4v) is 6.80. The third-order valence-electron chi connectivity index (χ3n) is 8.59. The zero-order chi connectivity index (χ0) is 34.9. The Morgan fingerprint density at radius 3 is 2.61 bits per heavy atom. The molecule has 5 rings (SSSR count). The molecule has 1 aliphatic rings. The molecule has 256 valence electrons. The van der Waals surface area contributed by atoms with Gasteiger partial charge < -0.3 is 25.0 Å². The molecule has 0 spiro atoms. The topological polar surface area (TPSA) is 135 Å². The molecule has 10 heteroatoms. The first kappa shape index (κ1) is 35.3. The van der Waals surface area contributed by atoms with Crippen LogP contribution in [0.25, 0.3) is 16.6 Å². The Balaban J connectivity index is 1.47. The van der Waals surface area contributed by atoms with Crippen LogP contribution in [-0.2, 0) is 20.9 Å². The van der Waals surface area contributed by atoms with Gasteiger partial charge in [-0.05, 0) is 80.5 Å². The molecule has 2 atom stereocenters. The van der Waals surface area contributed by atoms with Gasteiger partial charge >= 0.3 is 5.97 Å². The van der Waals surface area contributed by atoms with Crippen molar-refractivity contribution in [2.75, 3.05) is 7.11 Å². The van der Waals surface area contributed by atoms with Crippen LogP contribution in [0, 0.1) is 6.92 Å². The number of carbonyl (C=O) groups is 3. The van der Waals surface area contributed by atoms with Crippen molar-refractivity contribution in [2.45, 2.75) is 77.4 Å². The van der Waals surface area contributed by atoms with Crippen molar-refractivity contribution in [3.63, 3.8) is 0 Å². The van der Waals surface area contributed by atoms with Crippen LogP contribution >= 0.6 is 11.3 Å². The van der Waals surface area contributed by atoms with E-state index in [2.05, 4.69) is 10.3 Å². The fourth-order valence-electron chi connectivity index (χ4n) is 6.00. The lowest BCUT2D eigenvalue weighted by molar-refractivity contribution is -0.121. The number of ketones is 1. The molecule has 2 heterocycles. The van der Waals surface area contributed by atoms with Crippen molar-refractivity contribution < 1.29 is 34.1 Å². The predicted octanol–water partition coefficient (Wildman–Crippen LogP) is 7.86. The number of thiazole rings is 1. The number of aryl methyl sites for hydroxylation is 1. The molecule has 49 heavy (non-hydrogen) atoms. The van der Waals surface area contributed by atoms with Crippen LogP contribution < -0.4 is 10.1 Å². The number of hydrogen-bond donors (Lipinski definition) is 3. The van der Waals surface area contributed by atoms with Crippen molar-refractivity contribution >= 4 is 35.1 Å². The highest BCUT2D eigenvalue weighted by Crippen LogP contribution is 2.44.